The van der Waals surface area contributed by atoms with Gasteiger partial charge in [-0.3, -0.25) is 9.59 Å². The predicted octanol–water partition coefficient (Wildman–Crippen LogP) is 2.81. The normalized spacial score (nSPS) is 11.6. The second-order valence-corrected chi connectivity index (χ2v) is 5.36. The fourth-order valence-corrected chi connectivity index (χ4v) is 2.14. The van der Waals surface area contributed by atoms with E-state index in [1.807, 2.05) is 32.0 Å². The SMILES string of the molecule is Cc1cccc(OC(C)C(=O)Nc2ccccc2C(N)=O)c1C. The summed E-state index contributed by atoms with van der Waals surface area (Å²) in [5.74, 6) is -0.278. The van der Waals surface area contributed by atoms with Crippen LogP contribution in [0.3, 0.4) is 0 Å². The van der Waals surface area contributed by atoms with Gasteiger partial charge in [-0.15, -0.1) is 0 Å². The number of nitrogens with two attached hydrogens (primary N) is 1. The Balaban J connectivity index is 2.12. The lowest BCUT2D eigenvalue weighted by Crippen LogP contribution is -2.31. The first-order valence-electron chi connectivity index (χ1n) is 7.32. The third-order valence-corrected chi connectivity index (χ3v) is 3.68. The zero-order valence-corrected chi connectivity index (χ0v) is 13.4. The summed E-state index contributed by atoms with van der Waals surface area (Å²) >= 11 is 0. The Kier molecular flexibility index (Phi) is 5.01. The van der Waals surface area contributed by atoms with Gasteiger partial charge in [0, 0.05) is 0 Å². The van der Waals surface area contributed by atoms with Crippen LogP contribution in [0.1, 0.15) is 28.4 Å². The molecule has 0 aliphatic rings. The fraction of sp³-hybridized carbons (Fsp3) is 0.222. The van der Waals surface area contributed by atoms with Crippen molar-refractivity contribution in [3.8, 4) is 5.75 Å². The molecule has 0 aromatic heterocycles. The van der Waals surface area contributed by atoms with Crippen LogP contribution in [0.15, 0.2) is 42.5 Å². The van der Waals surface area contributed by atoms with E-state index in [4.69, 9.17) is 10.5 Å². The van der Waals surface area contributed by atoms with Crippen molar-refractivity contribution in [3.05, 3.63) is 59.2 Å². The smallest absolute Gasteiger partial charge is 0.265 e. The maximum Gasteiger partial charge on any atom is 0.265 e. The Morgan fingerprint density at radius 2 is 1.78 bits per heavy atom. The van der Waals surface area contributed by atoms with Gasteiger partial charge in [-0.05, 0) is 50.1 Å². The number of benzene rings is 2. The monoisotopic (exact) mass is 312 g/mol. The summed E-state index contributed by atoms with van der Waals surface area (Å²) in [6.45, 7) is 5.58. The summed E-state index contributed by atoms with van der Waals surface area (Å²) in [6.07, 6.45) is -0.712. The number of primary amides is 1. The van der Waals surface area contributed by atoms with Crippen LogP contribution < -0.4 is 15.8 Å². The molecule has 0 heterocycles. The number of hydrogen-bond donors (Lipinski definition) is 2. The minimum Gasteiger partial charge on any atom is -0.481 e. The first-order valence-corrected chi connectivity index (χ1v) is 7.32. The molecule has 23 heavy (non-hydrogen) atoms. The molecule has 5 nitrogen and oxygen atoms in total. The van der Waals surface area contributed by atoms with Gasteiger partial charge in [0.2, 0.25) is 0 Å². The molecule has 5 heteroatoms. The third-order valence-electron chi connectivity index (χ3n) is 3.68. The van der Waals surface area contributed by atoms with Gasteiger partial charge >= 0.3 is 0 Å². The van der Waals surface area contributed by atoms with Crippen LogP contribution in [-0.4, -0.2) is 17.9 Å². The van der Waals surface area contributed by atoms with Crippen LogP contribution in [0.25, 0.3) is 0 Å². The van der Waals surface area contributed by atoms with E-state index in [0.717, 1.165) is 11.1 Å². The van der Waals surface area contributed by atoms with Crippen LogP contribution in [0.2, 0.25) is 0 Å². The highest BCUT2D eigenvalue weighted by Gasteiger charge is 2.18. The number of aryl methyl sites for hydroxylation is 1. The van der Waals surface area contributed by atoms with Crippen LogP contribution in [0, 0.1) is 13.8 Å². The highest BCUT2D eigenvalue weighted by atomic mass is 16.5. The van der Waals surface area contributed by atoms with Crippen molar-refractivity contribution in [2.45, 2.75) is 26.9 Å². The van der Waals surface area contributed by atoms with Crippen LogP contribution in [0.4, 0.5) is 5.69 Å². The molecule has 120 valence electrons. The van der Waals surface area contributed by atoms with E-state index in [2.05, 4.69) is 5.32 Å². The minimum atomic E-state index is -0.712. The Labute approximate surface area is 135 Å². The summed E-state index contributed by atoms with van der Waals surface area (Å²) < 4.78 is 5.73. The Morgan fingerprint density at radius 3 is 2.48 bits per heavy atom. The van der Waals surface area contributed by atoms with Gasteiger partial charge in [0.25, 0.3) is 11.8 Å². The number of rotatable bonds is 5. The molecule has 0 radical (unpaired) electrons. The summed E-state index contributed by atoms with van der Waals surface area (Å²) in [4.78, 5) is 23.7. The average molecular weight is 312 g/mol. The van der Waals surface area contributed by atoms with Crippen LogP contribution >= 0.6 is 0 Å². The molecule has 0 spiro atoms. The zero-order chi connectivity index (χ0) is 17.0. The molecule has 0 fully saturated rings. The van der Waals surface area contributed by atoms with Crippen molar-refractivity contribution in [1.82, 2.24) is 0 Å². The highest BCUT2D eigenvalue weighted by Crippen LogP contribution is 2.22. The lowest BCUT2D eigenvalue weighted by atomic mass is 10.1. The van der Waals surface area contributed by atoms with Gasteiger partial charge in [0.1, 0.15) is 5.75 Å². The van der Waals surface area contributed by atoms with Crippen molar-refractivity contribution in [1.29, 1.82) is 0 Å². The molecular formula is C18H20N2O3. The van der Waals surface area contributed by atoms with Gasteiger partial charge in [0.15, 0.2) is 6.10 Å². The molecule has 2 rings (SSSR count). The quantitative estimate of drug-likeness (QED) is 0.890. The summed E-state index contributed by atoms with van der Waals surface area (Å²) in [6, 6.07) is 12.3. The number of carbonyl (C=O) groups is 2. The van der Waals surface area contributed by atoms with Crippen LogP contribution in [0.5, 0.6) is 5.75 Å². The summed E-state index contributed by atoms with van der Waals surface area (Å²) in [5, 5.41) is 2.68. The van der Waals surface area contributed by atoms with Gasteiger partial charge in [-0.25, -0.2) is 0 Å². The second-order valence-electron chi connectivity index (χ2n) is 5.36. The number of ether oxygens (including phenoxy) is 1. The van der Waals surface area contributed by atoms with E-state index in [0.29, 0.717) is 11.4 Å². The van der Waals surface area contributed by atoms with Gasteiger partial charge in [-0.1, -0.05) is 24.3 Å². The topological polar surface area (TPSA) is 81.4 Å². The largest absolute Gasteiger partial charge is 0.481 e. The van der Waals surface area contributed by atoms with E-state index in [1.54, 1.807) is 31.2 Å². The van der Waals surface area contributed by atoms with E-state index >= 15 is 0 Å². The molecule has 2 aromatic rings. The number of carbonyl (C=O) groups excluding carboxylic acids is 2. The van der Waals surface area contributed by atoms with Gasteiger partial charge < -0.3 is 15.8 Å². The Bertz CT molecular complexity index is 741. The number of hydrogen-bond acceptors (Lipinski definition) is 3. The van der Waals surface area contributed by atoms with E-state index in [9.17, 15) is 9.59 Å². The number of para-hydroxylation sites is 1. The zero-order valence-electron chi connectivity index (χ0n) is 13.4. The van der Waals surface area contributed by atoms with Crippen molar-refractivity contribution in [3.63, 3.8) is 0 Å². The fourth-order valence-electron chi connectivity index (χ4n) is 2.14. The molecular weight excluding hydrogens is 292 g/mol. The molecule has 1 unspecified atom stereocenters. The maximum atomic E-state index is 12.3. The average Bonchev–Trinajstić information content (AvgIpc) is 2.52. The molecule has 0 saturated heterocycles. The molecule has 0 bridgehead atoms. The summed E-state index contributed by atoms with van der Waals surface area (Å²) in [5.41, 5.74) is 8.03. The minimum absolute atomic E-state index is 0.264. The first-order chi connectivity index (χ1) is 10.9. The number of nitrogens with one attached hydrogen (secondary N) is 1. The Morgan fingerprint density at radius 1 is 1.09 bits per heavy atom. The van der Waals surface area contributed by atoms with Crippen molar-refractivity contribution < 1.29 is 14.3 Å². The second kappa shape index (κ2) is 6.96. The first kappa shape index (κ1) is 16.5. The van der Waals surface area contributed by atoms with E-state index < -0.39 is 12.0 Å². The van der Waals surface area contributed by atoms with Gasteiger partial charge in [0.05, 0.1) is 11.3 Å². The van der Waals surface area contributed by atoms with E-state index in [1.165, 1.54) is 0 Å². The van der Waals surface area contributed by atoms with Crippen molar-refractivity contribution in [2.75, 3.05) is 5.32 Å². The summed E-state index contributed by atoms with van der Waals surface area (Å²) in [7, 11) is 0. The molecule has 2 aromatic carbocycles. The molecule has 2 amide bonds. The highest BCUT2D eigenvalue weighted by molar-refractivity contribution is 6.03. The molecule has 3 N–H and O–H groups in total. The lowest BCUT2D eigenvalue weighted by molar-refractivity contribution is -0.122. The van der Waals surface area contributed by atoms with Crippen LogP contribution in [-0.2, 0) is 4.79 Å². The van der Waals surface area contributed by atoms with Gasteiger partial charge in [-0.2, -0.15) is 0 Å². The van der Waals surface area contributed by atoms with Crippen molar-refractivity contribution in [2.24, 2.45) is 5.73 Å². The lowest BCUT2D eigenvalue weighted by Gasteiger charge is -2.17. The third kappa shape index (κ3) is 3.88. The Hall–Kier alpha value is -2.82. The molecule has 0 aliphatic heterocycles. The number of anilines is 1. The molecule has 1 atom stereocenters. The molecule has 0 saturated carbocycles. The molecule has 0 aliphatic carbocycles. The standard InChI is InChI=1S/C18H20N2O3/c1-11-7-6-10-16(12(11)2)23-13(3)18(22)20-15-9-5-4-8-14(15)17(19)21/h4-10,13H,1-3H3,(H2,19,21)(H,20,22). The van der Waals surface area contributed by atoms with E-state index in [-0.39, 0.29) is 11.5 Å². The maximum absolute atomic E-state index is 12.3. The predicted molar refractivity (Wildman–Crippen MR) is 89.6 cm³/mol. The van der Waals surface area contributed by atoms with Crippen molar-refractivity contribution >= 4 is 17.5 Å². The number of amides is 2.